The van der Waals surface area contributed by atoms with E-state index < -0.39 is 23.2 Å². The van der Waals surface area contributed by atoms with Crippen LogP contribution in [0.25, 0.3) is 0 Å². The van der Waals surface area contributed by atoms with Gasteiger partial charge in [-0.2, -0.15) is 13.2 Å². The molecule has 0 amide bonds. The molecule has 1 aliphatic carbocycles. The fraction of sp³-hybridized carbons (Fsp3) is 0.533. The lowest BCUT2D eigenvalue weighted by Gasteiger charge is -2.23. The third-order valence-corrected chi connectivity index (χ3v) is 4.34. The van der Waals surface area contributed by atoms with Gasteiger partial charge in [-0.1, -0.05) is 6.07 Å². The number of carbonyl (C=O) groups is 1. The number of likely N-dealkylation sites (tertiary alicyclic amines) is 1. The van der Waals surface area contributed by atoms with Gasteiger partial charge in [-0.15, -0.1) is 0 Å². The van der Waals surface area contributed by atoms with Gasteiger partial charge in [0, 0.05) is 13.1 Å². The van der Waals surface area contributed by atoms with Gasteiger partial charge in [0.1, 0.15) is 17.4 Å². The van der Waals surface area contributed by atoms with E-state index in [9.17, 15) is 23.1 Å². The zero-order valence-corrected chi connectivity index (χ0v) is 11.8. The molecule has 1 aromatic rings. The Morgan fingerprint density at radius 1 is 1.36 bits per heavy atom. The number of ether oxygens (including phenoxy) is 1. The first kappa shape index (κ1) is 15.1. The van der Waals surface area contributed by atoms with Crippen LogP contribution in [-0.2, 0) is 11.0 Å². The molecular weight excluding hydrogens is 299 g/mol. The number of benzene rings is 1. The molecule has 1 aromatic carbocycles. The average molecular weight is 315 g/mol. The van der Waals surface area contributed by atoms with Crippen molar-refractivity contribution < 1.29 is 27.8 Å². The summed E-state index contributed by atoms with van der Waals surface area (Å²) in [6, 6.07) is 4.77. The van der Waals surface area contributed by atoms with Crippen LogP contribution in [0.15, 0.2) is 24.3 Å². The first-order valence-corrected chi connectivity index (χ1v) is 7.14. The van der Waals surface area contributed by atoms with Gasteiger partial charge in [-0.3, -0.25) is 9.69 Å². The first-order valence-electron chi connectivity index (χ1n) is 7.14. The summed E-state index contributed by atoms with van der Waals surface area (Å²) in [5.74, 6) is -0.658. The molecule has 0 aromatic heterocycles. The summed E-state index contributed by atoms with van der Waals surface area (Å²) in [6.07, 6.45) is -2.81. The zero-order chi connectivity index (χ0) is 16.0. The summed E-state index contributed by atoms with van der Waals surface area (Å²) in [5, 5.41) is 9.26. The molecule has 1 saturated heterocycles. The van der Waals surface area contributed by atoms with E-state index in [4.69, 9.17) is 4.74 Å². The normalized spacial score (nSPS) is 24.2. The number of alkyl halides is 3. The Morgan fingerprint density at radius 2 is 2.09 bits per heavy atom. The molecule has 4 nitrogen and oxygen atoms in total. The van der Waals surface area contributed by atoms with Crippen LogP contribution in [0.2, 0.25) is 0 Å². The second-order valence-corrected chi connectivity index (χ2v) is 5.84. The second-order valence-electron chi connectivity index (χ2n) is 5.84. The van der Waals surface area contributed by atoms with Crippen LogP contribution in [0.1, 0.15) is 24.8 Å². The molecular formula is C15H16F3NO3. The maximum atomic E-state index is 12.7. The van der Waals surface area contributed by atoms with E-state index in [2.05, 4.69) is 0 Å². The fourth-order valence-electron chi connectivity index (χ4n) is 2.94. The minimum absolute atomic E-state index is 0.168. The van der Waals surface area contributed by atoms with E-state index in [1.807, 2.05) is 4.90 Å². The van der Waals surface area contributed by atoms with Gasteiger partial charge in [0.2, 0.25) is 0 Å². The first-order chi connectivity index (χ1) is 10.3. The van der Waals surface area contributed by atoms with Crippen LogP contribution >= 0.6 is 0 Å². The predicted octanol–water partition coefficient (Wildman–Crippen LogP) is 2.78. The Labute approximate surface area is 125 Å². The third-order valence-electron chi connectivity index (χ3n) is 4.34. The van der Waals surface area contributed by atoms with Gasteiger partial charge in [0.15, 0.2) is 0 Å². The number of aliphatic carboxylic acids is 1. The summed E-state index contributed by atoms with van der Waals surface area (Å²) in [6.45, 7) is 1.03. The second kappa shape index (κ2) is 5.15. The number of carboxylic acids is 1. The molecule has 1 aliphatic heterocycles. The Balaban J connectivity index is 1.65. The van der Waals surface area contributed by atoms with Crippen molar-refractivity contribution in [1.82, 2.24) is 4.90 Å². The van der Waals surface area contributed by atoms with Crippen molar-refractivity contribution >= 4 is 5.97 Å². The molecule has 0 radical (unpaired) electrons. The van der Waals surface area contributed by atoms with E-state index in [0.717, 1.165) is 12.1 Å². The average Bonchev–Trinajstić information content (AvgIpc) is 3.14. The minimum Gasteiger partial charge on any atom is -0.489 e. The van der Waals surface area contributed by atoms with Gasteiger partial charge in [-0.05, 0) is 37.5 Å². The fourth-order valence-corrected chi connectivity index (χ4v) is 2.94. The van der Waals surface area contributed by atoms with Gasteiger partial charge in [0.25, 0.3) is 0 Å². The topological polar surface area (TPSA) is 49.8 Å². The number of carboxylic acid groups (broad SMARTS) is 1. The highest BCUT2D eigenvalue weighted by atomic mass is 19.4. The molecule has 0 bridgehead atoms. The molecule has 22 heavy (non-hydrogen) atoms. The summed E-state index contributed by atoms with van der Waals surface area (Å²) >= 11 is 0. The summed E-state index contributed by atoms with van der Waals surface area (Å²) in [4.78, 5) is 13.2. The quantitative estimate of drug-likeness (QED) is 0.928. The standard InChI is InChI=1S/C15H16F3NO3/c16-15(17,18)10-2-1-3-11(8-10)22-12-4-7-19(9-12)14(5-6-14)13(20)21/h1-3,8,12H,4-7,9H2,(H,20,21)/t12-/m1/s1. The van der Waals surface area contributed by atoms with Crippen molar-refractivity contribution in [3.63, 3.8) is 0 Å². The van der Waals surface area contributed by atoms with Gasteiger partial charge in [0.05, 0.1) is 5.56 Å². The summed E-state index contributed by atoms with van der Waals surface area (Å²) in [5.41, 5.74) is -1.52. The van der Waals surface area contributed by atoms with Crippen LogP contribution in [0.4, 0.5) is 13.2 Å². The number of hydrogen-bond donors (Lipinski definition) is 1. The molecule has 0 spiro atoms. The van der Waals surface area contributed by atoms with Crippen molar-refractivity contribution in [2.24, 2.45) is 0 Å². The minimum atomic E-state index is -4.40. The molecule has 1 N–H and O–H groups in total. The van der Waals surface area contributed by atoms with E-state index in [0.29, 0.717) is 32.4 Å². The predicted molar refractivity (Wildman–Crippen MR) is 71.7 cm³/mol. The molecule has 2 fully saturated rings. The van der Waals surface area contributed by atoms with Crippen molar-refractivity contribution in [2.45, 2.75) is 37.1 Å². The number of rotatable bonds is 4. The molecule has 1 atom stereocenters. The van der Waals surface area contributed by atoms with Crippen LogP contribution < -0.4 is 4.74 Å². The Kier molecular flexibility index (Phi) is 3.55. The van der Waals surface area contributed by atoms with E-state index in [1.54, 1.807) is 0 Å². The highest BCUT2D eigenvalue weighted by Gasteiger charge is 2.56. The number of halogens is 3. The Morgan fingerprint density at radius 3 is 2.68 bits per heavy atom. The SMILES string of the molecule is O=C(O)C1(N2CC[C@@H](Oc3cccc(C(F)(F)F)c3)C2)CC1. The molecule has 120 valence electrons. The third kappa shape index (κ3) is 2.77. The molecule has 3 rings (SSSR count). The smallest absolute Gasteiger partial charge is 0.416 e. The highest BCUT2D eigenvalue weighted by Crippen LogP contribution is 2.44. The molecule has 0 unspecified atom stereocenters. The largest absolute Gasteiger partial charge is 0.489 e. The van der Waals surface area contributed by atoms with Crippen molar-refractivity contribution in [1.29, 1.82) is 0 Å². The van der Waals surface area contributed by atoms with Gasteiger partial charge >= 0.3 is 12.1 Å². The summed E-state index contributed by atoms with van der Waals surface area (Å²) < 4.78 is 43.6. The zero-order valence-electron chi connectivity index (χ0n) is 11.8. The van der Waals surface area contributed by atoms with Crippen molar-refractivity contribution in [2.75, 3.05) is 13.1 Å². The lowest BCUT2D eigenvalue weighted by atomic mass is 10.2. The van der Waals surface area contributed by atoms with Gasteiger partial charge < -0.3 is 9.84 Å². The maximum absolute atomic E-state index is 12.7. The highest BCUT2D eigenvalue weighted by molar-refractivity contribution is 5.82. The Bertz CT molecular complexity index is 584. The van der Waals surface area contributed by atoms with Crippen molar-refractivity contribution in [3.8, 4) is 5.75 Å². The summed E-state index contributed by atoms with van der Waals surface area (Å²) in [7, 11) is 0. The number of hydrogen-bond acceptors (Lipinski definition) is 3. The van der Waals surface area contributed by atoms with E-state index in [-0.39, 0.29) is 11.9 Å². The van der Waals surface area contributed by atoms with Crippen LogP contribution in [0, 0.1) is 0 Å². The lowest BCUT2D eigenvalue weighted by Crippen LogP contribution is -2.42. The van der Waals surface area contributed by atoms with Crippen LogP contribution in [0.5, 0.6) is 5.75 Å². The lowest BCUT2D eigenvalue weighted by molar-refractivity contribution is -0.144. The molecule has 2 aliphatic rings. The molecule has 1 heterocycles. The van der Waals surface area contributed by atoms with E-state index >= 15 is 0 Å². The maximum Gasteiger partial charge on any atom is 0.416 e. The van der Waals surface area contributed by atoms with Gasteiger partial charge in [-0.25, -0.2) is 0 Å². The molecule has 1 saturated carbocycles. The molecule has 7 heteroatoms. The van der Waals surface area contributed by atoms with E-state index in [1.165, 1.54) is 12.1 Å². The monoisotopic (exact) mass is 315 g/mol. The Hall–Kier alpha value is -1.76. The van der Waals surface area contributed by atoms with Crippen LogP contribution in [-0.4, -0.2) is 40.7 Å². The van der Waals surface area contributed by atoms with Crippen molar-refractivity contribution in [3.05, 3.63) is 29.8 Å². The van der Waals surface area contributed by atoms with Crippen LogP contribution in [0.3, 0.4) is 0 Å². The number of nitrogens with zero attached hydrogens (tertiary/aromatic N) is 1.